The number of carbonyl (C=O) groups is 2. The topological polar surface area (TPSA) is 100.0 Å². The molecule has 2 unspecified atom stereocenters. The molecule has 2 N–H and O–H groups in total. The number of ether oxygens (including phenoxy) is 1. The molecule has 0 saturated carbocycles. The van der Waals surface area contributed by atoms with Gasteiger partial charge in [0, 0.05) is 23.2 Å². The molecule has 178 valence electrons. The third-order valence-corrected chi connectivity index (χ3v) is 6.86. The first-order valence-corrected chi connectivity index (χ1v) is 11.4. The van der Waals surface area contributed by atoms with Gasteiger partial charge in [0.1, 0.15) is 11.9 Å². The zero-order valence-electron chi connectivity index (χ0n) is 18.9. The third-order valence-electron chi connectivity index (χ3n) is 5.40. The number of hydrogen-bond donors (Lipinski definition) is 2. The van der Waals surface area contributed by atoms with Gasteiger partial charge in [-0.2, -0.15) is 0 Å². The van der Waals surface area contributed by atoms with Gasteiger partial charge in [0.05, 0.1) is 12.4 Å². The first kappa shape index (κ1) is 25.0. The van der Waals surface area contributed by atoms with E-state index in [1.54, 1.807) is 19.1 Å². The second-order valence-corrected chi connectivity index (χ2v) is 8.80. The summed E-state index contributed by atoms with van der Waals surface area (Å²) in [6, 6.07) is 14.7. The van der Waals surface area contributed by atoms with Crippen LogP contribution in [0.1, 0.15) is 35.1 Å². The van der Waals surface area contributed by atoms with Gasteiger partial charge in [0.15, 0.2) is 17.2 Å². The van der Waals surface area contributed by atoms with Crippen molar-refractivity contribution in [3.8, 4) is 11.5 Å². The third kappa shape index (κ3) is 5.48. The maximum Gasteiger partial charge on any atom is 0.326 e. The van der Waals surface area contributed by atoms with Crippen molar-refractivity contribution in [3.05, 3.63) is 83.9 Å². The van der Waals surface area contributed by atoms with Crippen molar-refractivity contribution >= 4 is 23.6 Å². The Morgan fingerprint density at radius 1 is 1.06 bits per heavy atom. The lowest BCUT2D eigenvalue weighted by atomic mass is 10.0. The number of halogens is 1. The molecule has 9 heteroatoms. The Morgan fingerprint density at radius 3 is 2.29 bits per heavy atom. The molecule has 7 nitrogen and oxygen atoms in total. The Labute approximate surface area is 201 Å². The highest BCUT2D eigenvalue weighted by Gasteiger charge is 2.37. The lowest BCUT2D eigenvalue weighted by Crippen LogP contribution is -2.50. The van der Waals surface area contributed by atoms with Crippen LogP contribution in [0.3, 0.4) is 0 Å². The Kier molecular flexibility index (Phi) is 8.12. The van der Waals surface area contributed by atoms with Gasteiger partial charge >= 0.3 is 5.97 Å². The lowest BCUT2D eigenvalue weighted by molar-refractivity contribution is -0.142. The quantitative estimate of drug-likeness (QED) is 0.422. The zero-order valence-corrected chi connectivity index (χ0v) is 19.7. The summed E-state index contributed by atoms with van der Waals surface area (Å²) in [4.78, 5) is 31.6. The van der Waals surface area contributed by atoms with Crippen molar-refractivity contribution < 1.29 is 28.9 Å². The number of pyridine rings is 1. The molecule has 3 aromatic rings. The van der Waals surface area contributed by atoms with E-state index in [0.717, 1.165) is 4.90 Å². The second-order valence-electron chi connectivity index (χ2n) is 7.58. The Bertz CT molecular complexity index is 1140. The van der Waals surface area contributed by atoms with Crippen LogP contribution in [0.15, 0.2) is 71.8 Å². The molecule has 34 heavy (non-hydrogen) atoms. The molecule has 0 aliphatic carbocycles. The average molecular weight is 485 g/mol. The summed E-state index contributed by atoms with van der Waals surface area (Å²) in [6.45, 7) is 3.11. The number of carboxylic acids is 1. The summed E-state index contributed by atoms with van der Waals surface area (Å²) in [5.41, 5.74) is 0.392. The van der Waals surface area contributed by atoms with E-state index in [0.29, 0.717) is 5.56 Å². The number of nitrogens with zero attached hydrogens (tertiary/aromatic N) is 2. The van der Waals surface area contributed by atoms with Crippen LogP contribution in [0.5, 0.6) is 11.5 Å². The highest BCUT2D eigenvalue weighted by Crippen LogP contribution is 2.41. The Hall–Kier alpha value is -3.59. The molecule has 0 radical (unpaired) electrons. The number of benzene rings is 2. The fraction of sp³-hybridized carbons (Fsp3) is 0.240. The normalized spacial score (nSPS) is 13.5. The van der Waals surface area contributed by atoms with E-state index in [1.807, 2.05) is 30.3 Å². The molecular weight excluding hydrogens is 459 g/mol. The molecule has 0 saturated heterocycles. The van der Waals surface area contributed by atoms with Crippen molar-refractivity contribution in [1.82, 2.24) is 9.88 Å². The van der Waals surface area contributed by atoms with Gasteiger partial charge in [-0.3, -0.25) is 4.79 Å². The van der Waals surface area contributed by atoms with Gasteiger partial charge in [-0.1, -0.05) is 30.3 Å². The number of methoxy groups -OCH3 is 1. The predicted molar refractivity (Wildman–Crippen MR) is 127 cm³/mol. The Balaban J connectivity index is 2.09. The molecule has 1 aromatic heterocycles. The van der Waals surface area contributed by atoms with E-state index in [-0.39, 0.29) is 11.4 Å². The van der Waals surface area contributed by atoms with Gasteiger partial charge in [-0.05, 0) is 43.7 Å². The highest BCUT2D eigenvalue weighted by molar-refractivity contribution is 7.99. The fourth-order valence-electron chi connectivity index (χ4n) is 3.60. The van der Waals surface area contributed by atoms with Crippen LogP contribution in [0, 0.1) is 5.82 Å². The standard InChI is InChI=1S/C25H25FN2O5S/c1-15(23(17-9-11-18(26)12-10-17)34-19-7-5-4-6-8-19)28(16(2)25(31)32)24(30)21-22(29)20(33-3)13-14-27-21/h4-16,23,29H,1-3H3,(H,31,32)/t15?,16-,23?/m0/s1. The molecule has 0 aliphatic heterocycles. The maximum absolute atomic E-state index is 13.6. The van der Waals surface area contributed by atoms with Crippen LogP contribution in [-0.2, 0) is 4.79 Å². The molecular formula is C25H25FN2O5S. The number of carbonyl (C=O) groups excluding carboxylic acids is 1. The number of thioether (sulfide) groups is 1. The largest absolute Gasteiger partial charge is 0.503 e. The van der Waals surface area contributed by atoms with E-state index in [2.05, 4.69) is 4.98 Å². The van der Waals surface area contributed by atoms with Crippen molar-refractivity contribution in [2.75, 3.05) is 7.11 Å². The van der Waals surface area contributed by atoms with Crippen molar-refractivity contribution in [2.24, 2.45) is 0 Å². The molecule has 3 atom stereocenters. The van der Waals surface area contributed by atoms with Crippen LogP contribution in [-0.4, -0.2) is 51.2 Å². The van der Waals surface area contributed by atoms with Crippen molar-refractivity contribution in [3.63, 3.8) is 0 Å². The number of aromatic hydroxyl groups is 1. The smallest absolute Gasteiger partial charge is 0.326 e. The summed E-state index contributed by atoms with van der Waals surface area (Å²) in [6.07, 6.45) is 1.30. The number of aromatic nitrogens is 1. The van der Waals surface area contributed by atoms with Crippen LogP contribution in [0.25, 0.3) is 0 Å². The average Bonchev–Trinajstić information content (AvgIpc) is 2.83. The number of aliphatic carboxylic acids is 1. The van der Waals surface area contributed by atoms with Crippen molar-refractivity contribution in [1.29, 1.82) is 0 Å². The summed E-state index contributed by atoms with van der Waals surface area (Å²) in [5.74, 6) is -2.82. The van der Waals surface area contributed by atoms with Gasteiger partial charge in [-0.25, -0.2) is 14.2 Å². The van der Waals surface area contributed by atoms with E-state index in [9.17, 15) is 24.2 Å². The molecule has 0 aliphatic rings. The zero-order chi connectivity index (χ0) is 24.8. The molecule has 1 amide bonds. The van der Waals surface area contributed by atoms with E-state index in [4.69, 9.17) is 4.74 Å². The van der Waals surface area contributed by atoms with Crippen LogP contribution >= 0.6 is 11.8 Å². The molecule has 0 bridgehead atoms. The monoisotopic (exact) mass is 484 g/mol. The summed E-state index contributed by atoms with van der Waals surface area (Å²) in [7, 11) is 1.34. The maximum atomic E-state index is 13.6. The minimum absolute atomic E-state index is 0.0441. The predicted octanol–water partition coefficient (Wildman–Crippen LogP) is 4.77. The molecule has 0 fully saturated rings. The number of carboxylic acid groups (broad SMARTS) is 1. The number of rotatable bonds is 9. The number of amides is 1. The summed E-state index contributed by atoms with van der Waals surface area (Å²) < 4.78 is 18.7. The lowest BCUT2D eigenvalue weighted by Gasteiger charge is -2.37. The SMILES string of the molecule is COc1ccnc(C(=O)N(C(C)C(Sc2ccccc2)c2ccc(F)cc2)[C@@H](C)C(=O)O)c1O. The van der Waals surface area contributed by atoms with Gasteiger partial charge in [0.2, 0.25) is 0 Å². The first-order chi connectivity index (χ1) is 16.2. The van der Waals surface area contributed by atoms with E-state index in [1.165, 1.54) is 55.1 Å². The molecule has 1 heterocycles. The van der Waals surface area contributed by atoms with Gasteiger partial charge in [-0.15, -0.1) is 11.8 Å². The molecule has 2 aromatic carbocycles. The molecule has 0 spiro atoms. The van der Waals surface area contributed by atoms with Crippen LogP contribution < -0.4 is 4.74 Å². The van der Waals surface area contributed by atoms with E-state index < -0.39 is 40.8 Å². The fourth-order valence-corrected chi connectivity index (χ4v) is 4.83. The Morgan fingerprint density at radius 2 is 1.71 bits per heavy atom. The first-order valence-electron chi connectivity index (χ1n) is 10.5. The van der Waals surface area contributed by atoms with Crippen LogP contribution in [0.2, 0.25) is 0 Å². The number of hydrogen-bond acceptors (Lipinski definition) is 6. The van der Waals surface area contributed by atoms with Crippen molar-refractivity contribution in [2.45, 2.75) is 36.1 Å². The molecule has 3 rings (SSSR count). The summed E-state index contributed by atoms with van der Waals surface area (Å²) >= 11 is 1.42. The minimum atomic E-state index is -1.24. The van der Waals surface area contributed by atoms with E-state index >= 15 is 0 Å². The van der Waals surface area contributed by atoms with Gasteiger partial charge < -0.3 is 19.8 Å². The second kappa shape index (κ2) is 11.0. The van der Waals surface area contributed by atoms with Gasteiger partial charge in [0.25, 0.3) is 5.91 Å². The van der Waals surface area contributed by atoms with Crippen LogP contribution in [0.4, 0.5) is 4.39 Å². The minimum Gasteiger partial charge on any atom is -0.503 e. The summed E-state index contributed by atoms with van der Waals surface area (Å²) in [5, 5.41) is 19.8. The highest BCUT2D eigenvalue weighted by atomic mass is 32.2.